The number of amides is 2. The van der Waals surface area contributed by atoms with E-state index < -0.39 is 18.0 Å². The number of para-hydroxylation sites is 1. The quantitative estimate of drug-likeness (QED) is 0.731. The number of nitrogens with two attached hydrogens (primary N) is 1. The zero-order valence-electron chi connectivity index (χ0n) is 12.1. The number of rotatable bonds is 5. The summed E-state index contributed by atoms with van der Waals surface area (Å²) < 4.78 is 5.15. The molecular formula is C15H19N3O3. The van der Waals surface area contributed by atoms with Crippen molar-refractivity contribution in [2.45, 2.75) is 32.4 Å². The molecule has 4 N–H and O–H groups in total. The number of aromatic nitrogens is 1. The summed E-state index contributed by atoms with van der Waals surface area (Å²) >= 11 is 0. The summed E-state index contributed by atoms with van der Waals surface area (Å²) in [5.41, 5.74) is 7.03. The van der Waals surface area contributed by atoms with Gasteiger partial charge in [0.1, 0.15) is 6.04 Å². The number of hydrogen-bond donors (Lipinski definition) is 3. The van der Waals surface area contributed by atoms with Gasteiger partial charge in [-0.05, 0) is 25.5 Å². The summed E-state index contributed by atoms with van der Waals surface area (Å²) in [6.07, 6.45) is 1.89. The Kier molecular flexibility index (Phi) is 4.47. The highest BCUT2D eigenvalue weighted by molar-refractivity contribution is 5.86. The van der Waals surface area contributed by atoms with Crippen LogP contribution in [0, 0.1) is 0 Å². The van der Waals surface area contributed by atoms with Crippen molar-refractivity contribution in [2.75, 3.05) is 0 Å². The molecule has 1 aromatic heterocycles. The normalized spacial score (nSPS) is 12.3. The molecule has 6 heteroatoms. The van der Waals surface area contributed by atoms with Crippen molar-refractivity contribution in [3.63, 3.8) is 0 Å². The van der Waals surface area contributed by atoms with E-state index in [-0.39, 0.29) is 6.10 Å². The number of ether oxygens (including phenoxy) is 1. The summed E-state index contributed by atoms with van der Waals surface area (Å²) in [7, 11) is 0. The van der Waals surface area contributed by atoms with Crippen molar-refractivity contribution in [3.8, 4) is 0 Å². The van der Waals surface area contributed by atoms with Crippen molar-refractivity contribution in [3.05, 3.63) is 36.0 Å². The number of urea groups is 1. The van der Waals surface area contributed by atoms with E-state index in [9.17, 15) is 9.59 Å². The summed E-state index contributed by atoms with van der Waals surface area (Å²) in [5, 5.41) is 3.44. The van der Waals surface area contributed by atoms with Crippen LogP contribution in [0.2, 0.25) is 0 Å². The Morgan fingerprint density at radius 2 is 2.05 bits per heavy atom. The number of aromatic amines is 1. The SMILES string of the molecule is CC(C)OC(=O)[C@@H](Cc1c[nH]c2ccccc12)NC(N)=O. The van der Waals surface area contributed by atoms with Crippen LogP contribution in [0.4, 0.5) is 4.79 Å². The predicted octanol–water partition coefficient (Wildman–Crippen LogP) is 1.70. The van der Waals surface area contributed by atoms with Gasteiger partial charge in [-0.3, -0.25) is 0 Å². The Morgan fingerprint density at radius 3 is 2.71 bits per heavy atom. The van der Waals surface area contributed by atoms with Gasteiger partial charge in [0.25, 0.3) is 0 Å². The van der Waals surface area contributed by atoms with Crippen LogP contribution in [0.3, 0.4) is 0 Å². The monoisotopic (exact) mass is 289 g/mol. The predicted molar refractivity (Wildman–Crippen MR) is 79.7 cm³/mol. The highest BCUT2D eigenvalue weighted by Crippen LogP contribution is 2.19. The Labute approximate surface area is 122 Å². The number of H-pyrrole nitrogens is 1. The van der Waals surface area contributed by atoms with Gasteiger partial charge < -0.3 is 20.8 Å². The van der Waals surface area contributed by atoms with Crippen LogP contribution in [-0.2, 0) is 16.0 Å². The highest BCUT2D eigenvalue weighted by Gasteiger charge is 2.23. The second kappa shape index (κ2) is 6.30. The van der Waals surface area contributed by atoms with Crippen molar-refractivity contribution in [1.82, 2.24) is 10.3 Å². The lowest BCUT2D eigenvalue weighted by molar-refractivity contribution is -0.149. The molecule has 2 aromatic rings. The third-order valence-electron chi connectivity index (χ3n) is 3.05. The van der Waals surface area contributed by atoms with Gasteiger partial charge in [-0.2, -0.15) is 0 Å². The zero-order chi connectivity index (χ0) is 15.4. The number of carbonyl (C=O) groups is 2. The van der Waals surface area contributed by atoms with Crippen LogP contribution in [0.5, 0.6) is 0 Å². The molecular weight excluding hydrogens is 270 g/mol. The number of hydrogen-bond acceptors (Lipinski definition) is 3. The smallest absolute Gasteiger partial charge is 0.329 e. The minimum absolute atomic E-state index is 0.252. The van der Waals surface area contributed by atoms with E-state index in [0.29, 0.717) is 6.42 Å². The largest absolute Gasteiger partial charge is 0.461 e. The summed E-state index contributed by atoms with van der Waals surface area (Å²) in [4.78, 5) is 26.3. The number of fused-ring (bicyclic) bond motifs is 1. The van der Waals surface area contributed by atoms with E-state index in [2.05, 4.69) is 10.3 Å². The van der Waals surface area contributed by atoms with Gasteiger partial charge in [0.05, 0.1) is 6.10 Å². The van der Waals surface area contributed by atoms with Gasteiger partial charge in [-0.25, -0.2) is 9.59 Å². The van der Waals surface area contributed by atoms with Crippen LogP contribution in [0.1, 0.15) is 19.4 Å². The Bertz CT molecular complexity index is 648. The molecule has 1 atom stereocenters. The van der Waals surface area contributed by atoms with Crippen LogP contribution >= 0.6 is 0 Å². The van der Waals surface area contributed by atoms with Crippen molar-refractivity contribution < 1.29 is 14.3 Å². The van der Waals surface area contributed by atoms with Gasteiger partial charge in [0, 0.05) is 23.5 Å². The third-order valence-corrected chi connectivity index (χ3v) is 3.05. The molecule has 0 fully saturated rings. The fraction of sp³-hybridized carbons (Fsp3) is 0.333. The van der Waals surface area contributed by atoms with Gasteiger partial charge in [0.2, 0.25) is 0 Å². The molecule has 0 radical (unpaired) electrons. The molecule has 0 saturated heterocycles. The molecule has 2 amide bonds. The Morgan fingerprint density at radius 1 is 1.33 bits per heavy atom. The summed E-state index contributed by atoms with van der Waals surface area (Å²) in [6, 6.07) is 6.19. The average Bonchev–Trinajstić information content (AvgIpc) is 2.80. The number of carbonyl (C=O) groups excluding carboxylic acids is 2. The molecule has 0 saturated carbocycles. The average molecular weight is 289 g/mol. The number of benzene rings is 1. The standard InChI is InChI=1S/C15H19N3O3/c1-9(2)21-14(19)13(18-15(16)20)7-10-8-17-12-6-4-3-5-11(10)12/h3-6,8-9,13,17H,7H2,1-2H3,(H3,16,18,20)/t13-/m1/s1. The van der Waals surface area contributed by atoms with Crippen LogP contribution in [0.15, 0.2) is 30.5 Å². The van der Waals surface area contributed by atoms with Gasteiger partial charge >= 0.3 is 12.0 Å². The molecule has 6 nitrogen and oxygen atoms in total. The fourth-order valence-electron chi connectivity index (χ4n) is 2.20. The maximum atomic E-state index is 12.0. The molecule has 2 rings (SSSR count). The van der Waals surface area contributed by atoms with Crippen molar-refractivity contribution >= 4 is 22.9 Å². The first-order valence-corrected chi connectivity index (χ1v) is 6.79. The van der Waals surface area contributed by atoms with Crippen LogP contribution < -0.4 is 11.1 Å². The first kappa shape index (κ1) is 14.9. The molecule has 0 aliphatic rings. The van der Waals surface area contributed by atoms with E-state index in [1.807, 2.05) is 30.5 Å². The molecule has 0 aliphatic heterocycles. The topological polar surface area (TPSA) is 97.2 Å². The fourth-order valence-corrected chi connectivity index (χ4v) is 2.20. The second-order valence-corrected chi connectivity index (χ2v) is 5.11. The van der Waals surface area contributed by atoms with Crippen LogP contribution in [0.25, 0.3) is 10.9 Å². The number of primary amides is 1. The third kappa shape index (κ3) is 3.75. The lowest BCUT2D eigenvalue weighted by Gasteiger charge is -2.17. The number of esters is 1. The van der Waals surface area contributed by atoms with E-state index in [4.69, 9.17) is 10.5 Å². The zero-order valence-corrected chi connectivity index (χ0v) is 12.1. The summed E-state index contributed by atoms with van der Waals surface area (Å²) in [6.45, 7) is 3.51. The van der Waals surface area contributed by atoms with Crippen LogP contribution in [-0.4, -0.2) is 29.1 Å². The molecule has 0 aliphatic carbocycles. The molecule has 21 heavy (non-hydrogen) atoms. The maximum Gasteiger partial charge on any atom is 0.329 e. The maximum absolute atomic E-state index is 12.0. The summed E-state index contributed by atoms with van der Waals surface area (Å²) in [5.74, 6) is -0.492. The van der Waals surface area contributed by atoms with E-state index >= 15 is 0 Å². The van der Waals surface area contributed by atoms with Crippen molar-refractivity contribution in [2.24, 2.45) is 5.73 Å². The molecule has 1 aromatic carbocycles. The Hall–Kier alpha value is -2.50. The van der Waals surface area contributed by atoms with E-state index in [0.717, 1.165) is 16.5 Å². The molecule has 0 spiro atoms. The first-order chi connectivity index (χ1) is 9.97. The highest BCUT2D eigenvalue weighted by atomic mass is 16.5. The van der Waals surface area contributed by atoms with Crippen molar-refractivity contribution in [1.29, 1.82) is 0 Å². The van der Waals surface area contributed by atoms with E-state index in [1.165, 1.54) is 0 Å². The van der Waals surface area contributed by atoms with E-state index in [1.54, 1.807) is 13.8 Å². The lowest BCUT2D eigenvalue weighted by Crippen LogP contribution is -2.46. The Balaban J connectivity index is 2.21. The van der Waals surface area contributed by atoms with Gasteiger partial charge in [0.15, 0.2) is 0 Å². The minimum Gasteiger partial charge on any atom is -0.461 e. The second-order valence-electron chi connectivity index (χ2n) is 5.11. The number of nitrogens with one attached hydrogen (secondary N) is 2. The molecule has 0 bridgehead atoms. The lowest BCUT2D eigenvalue weighted by atomic mass is 10.1. The minimum atomic E-state index is -0.802. The molecule has 1 heterocycles. The molecule has 112 valence electrons. The first-order valence-electron chi connectivity index (χ1n) is 6.79. The van der Waals surface area contributed by atoms with Gasteiger partial charge in [-0.15, -0.1) is 0 Å². The molecule has 0 unspecified atom stereocenters. The van der Waals surface area contributed by atoms with Gasteiger partial charge in [-0.1, -0.05) is 18.2 Å².